The molecule has 0 spiro atoms. The highest BCUT2D eigenvalue weighted by atomic mass is 16.3. The highest BCUT2D eigenvalue weighted by Gasteiger charge is 2.04. The number of aliphatic hydroxyl groups is 1. The Kier molecular flexibility index (Phi) is 5.16. The summed E-state index contributed by atoms with van der Waals surface area (Å²) in [5, 5.41) is 11.5. The van der Waals surface area contributed by atoms with E-state index in [0.29, 0.717) is 19.4 Å². The summed E-state index contributed by atoms with van der Waals surface area (Å²) in [6.07, 6.45) is 0.915. The zero-order valence-corrected chi connectivity index (χ0v) is 10.8. The van der Waals surface area contributed by atoms with Gasteiger partial charge in [0.1, 0.15) is 0 Å². The molecule has 1 aromatic carbocycles. The molecule has 0 aliphatic heterocycles. The first-order valence-electron chi connectivity index (χ1n) is 5.99. The summed E-state index contributed by atoms with van der Waals surface area (Å²) < 4.78 is 0. The van der Waals surface area contributed by atoms with Crippen LogP contribution in [0.4, 0.5) is 0 Å². The topological polar surface area (TPSA) is 49.3 Å². The van der Waals surface area contributed by atoms with Crippen molar-refractivity contribution in [2.24, 2.45) is 0 Å². The maximum absolute atomic E-state index is 11.4. The van der Waals surface area contributed by atoms with Crippen molar-refractivity contribution in [2.75, 3.05) is 6.61 Å². The van der Waals surface area contributed by atoms with Crippen LogP contribution in [0.5, 0.6) is 0 Å². The van der Waals surface area contributed by atoms with E-state index in [-0.39, 0.29) is 12.5 Å². The van der Waals surface area contributed by atoms with Gasteiger partial charge in [0.25, 0.3) is 0 Å². The van der Waals surface area contributed by atoms with Gasteiger partial charge >= 0.3 is 0 Å². The number of hydrogen-bond donors (Lipinski definition) is 2. The number of hydrogen-bond acceptors (Lipinski definition) is 2. The third-order valence-corrected chi connectivity index (χ3v) is 2.99. The van der Waals surface area contributed by atoms with Crippen molar-refractivity contribution < 1.29 is 9.90 Å². The van der Waals surface area contributed by atoms with Crippen LogP contribution in [0, 0.1) is 20.8 Å². The van der Waals surface area contributed by atoms with E-state index in [2.05, 4.69) is 38.2 Å². The molecular weight excluding hydrogens is 214 g/mol. The molecule has 1 amide bonds. The minimum absolute atomic E-state index is 0.00308. The number of carbonyl (C=O) groups is 1. The van der Waals surface area contributed by atoms with Crippen molar-refractivity contribution in [3.05, 3.63) is 34.4 Å². The molecule has 0 aliphatic rings. The van der Waals surface area contributed by atoms with E-state index >= 15 is 0 Å². The average molecular weight is 235 g/mol. The van der Waals surface area contributed by atoms with Gasteiger partial charge in [0.2, 0.25) is 5.91 Å². The fraction of sp³-hybridized carbons (Fsp3) is 0.500. The van der Waals surface area contributed by atoms with Gasteiger partial charge < -0.3 is 10.4 Å². The van der Waals surface area contributed by atoms with E-state index in [1.165, 1.54) is 16.7 Å². The first-order chi connectivity index (χ1) is 8.04. The third kappa shape index (κ3) is 4.19. The molecule has 1 aromatic rings. The quantitative estimate of drug-likeness (QED) is 0.820. The Morgan fingerprint density at radius 2 is 1.82 bits per heavy atom. The molecular formula is C14H21NO2. The Balaban J connectivity index is 2.57. The van der Waals surface area contributed by atoms with Gasteiger partial charge in [-0.1, -0.05) is 12.1 Å². The van der Waals surface area contributed by atoms with E-state index in [0.717, 1.165) is 5.56 Å². The Morgan fingerprint density at radius 1 is 1.18 bits per heavy atom. The maximum atomic E-state index is 11.4. The number of aryl methyl sites for hydroxylation is 3. The maximum Gasteiger partial charge on any atom is 0.220 e. The Bertz CT molecular complexity index is 399. The molecule has 0 saturated heterocycles. The molecule has 0 bridgehead atoms. The van der Waals surface area contributed by atoms with Crippen LogP contribution in [-0.4, -0.2) is 17.6 Å². The molecule has 0 atom stereocenters. The van der Waals surface area contributed by atoms with E-state index in [1.54, 1.807) is 0 Å². The van der Waals surface area contributed by atoms with Crippen LogP contribution in [-0.2, 0) is 11.3 Å². The normalized spacial score (nSPS) is 10.4. The van der Waals surface area contributed by atoms with Crippen LogP contribution in [0.3, 0.4) is 0 Å². The number of benzene rings is 1. The molecule has 0 saturated carbocycles. The lowest BCUT2D eigenvalue weighted by Crippen LogP contribution is -2.23. The molecule has 2 N–H and O–H groups in total. The van der Waals surface area contributed by atoms with Gasteiger partial charge in [-0.3, -0.25) is 4.79 Å². The van der Waals surface area contributed by atoms with Crippen molar-refractivity contribution in [1.82, 2.24) is 5.32 Å². The molecule has 0 aliphatic carbocycles. The van der Waals surface area contributed by atoms with Gasteiger partial charge in [-0.15, -0.1) is 0 Å². The second kappa shape index (κ2) is 6.40. The number of carbonyl (C=O) groups excluding carboxylic acids is 1. The van der Waals surface area contributed by atoms with E-state index < -0.39 is 0 Å². The van der Waals surface area contributed by atoms with E-state index in [1.807, 2.05) is 0 Å². The standard InChI is InChI=1S/C14H21NO2/c1-10-7-12(3)13(8-11(10)2)9-15-14(17)5-4-6-16/h7-8,16H,4-6,9H2,1-3H3,(H,15,17). The molecule has 0 aromatic heterocycles. The number of amides is 1. The second-order valence-corrected chi connectivity index (χ2v) is 4.47. The molecule has 3 heteroatoms. The second-order valence-electron chi connectivity index (χ2n) is 4.47. The van der Waals surface area contributed by atoms with Crippen LogP contribution in [0.2, 0.25) is 0 Å². The van der Waals surface area contributed by atoms with Crippen molar-refractivity contribution >= 4 is 5.91 Å². The van der Waals surface area contributed by atoms with Crippen LogP contribution in [0.15, 0.2) is 12.1 Å². The Morgan fingerprint density at radius 3 is 2.47 bits per heavy atom. The van der Waals surface area contributed by atoms with Crippen LogP contribution in [0.1, 0.15) is 35.1 Å². The summed E-state index contributed by atoms with van der Waals surface area (Å²) in [6, 6.07) is 4.27. The number of aliphatic hydroxyl groups excluding tert-OH is 1. The first kappa shape index (κ1) is 13.7. The number of nitrogens with one attached hydrogen (secondary N) is 1. The lowest BCUT2D eigenvalue weighted by atomic mass is 10.0. The molecule has 0 fully saturated rings. The smallest absolute Gasteiger partial charge is 0.220 e. The molecule has 0 unspecified atom stereocenters. The van der Waals surface area contributed by atoms with Crippen molar-refractivity contribution in [2.45, 2.75) is 40.2 Å². The van der Waals surface area contributed by atoms with Crippen LogP contribution < -0.4 is 5.32 Å². The van der Waals surface area contributed by atoms with Gasteiger partial charge in [-0.25, -0.2) is 0 Å². The first-order valence-corrected chi connectivity index (χ1v) is 5.99. The lowest BCUT2D eigenvalue weighted by Gasteiger charge is -2.11. The molecule has 0 heterocycles. The monoisotopic (exact) mass is 235 g/mol. The van der Waals surface area contributed by atoms with Gasteiger partial charge in [-0.05, 0) is 49.4 Å². The van der Waals surface area contributed by atoms with Crippen LogP contribution >= 0.6 is 0 Å². The van der Waals surface area contributed by atoms with E-state index in [4.69, 9.17) is 5.11 Å². The van der Waals surface area contributed by atoms with Gasteiger partial charge in [-0.2, -0.15) is 0 Å². The van der Waals surface area contributed by atoms with Crippen LogP contribution in [0.25, 0.3) is 0 Å². The molecule has 94 valence electrons. The zero-order valence-electron chi connectivity index (χ0n) is 10.8. The summed E-state index contributed by atoms with van der Waals surface area (Å²) in [4.78, 5) is 11.4. The Labute approximate surface area is 103 Å². The highest BCUT2D eigenvalue weighted by molar-refractivity contribution is 5.75. The SMILES string of the molecule is Cc1cc(C)c(CNC(=O)CCCO)cc1C. The minimum Gasteiger partial charge on any atom is -0.396 e. The molecule has 1 rings (SSSR count). The highest BCUT2D eigenvalue weighted by Crippen LogP contribution is 2.15. The van der Waals surface area contributed by atoms with Crippen molar-refractivity contribution in [3.8, 4) is 0 Å². The summed E-state index contributed by atoms with van der Waals surface area (Å²) in [5.41, 5.74) is 4.88. The van der Waals surface area contributed by atoms with Gasteiger partial charge in [0.05, 0.1) is 0 Å². The fourth-order valence-corrected chi connectivity index (χ4v) is 1.73. The molecule has 17 heavy (non-hydrogen) atoms. The van der Waals surface area contributed by atoms with Crippen molar-refractivity contribution in [3.63, 3.8) is 0 Å². The predicted octanol–water partition coefficient (Wildman–Crippen LogP) is 2.00. The van der Waals surface area contributed by atoms with Crippen molar-refractivity contribution in [1.29, 1.82) is 0 Å². The average Bonchev–Trinajstić information content (AvgIpc) is 2.29. The Hall–Kier alpha value is -1.35. The zero-order chi connectivity index (χ0) is 12.8. The predicted molar refractivity (Wildman–Crippen MR) is 68.8 cm³/mol. The summed E-state index contributed by atoms with van der Waals surface area (Å²) in [6.45, 7) is 6.85. The number of rotatable bonds is 5. The third-order valence-electron chi connectivity index (χ3n) is 2.99. The summed E-state index contributed by atoms with van der Waals surface area (Å²) in [5.74, 6) is -0.00308. The fourth-order valence-electron chi connectivity index (χ4n) is 1.73. The summed E-state index contributed by atoms with van der Waals surface area (Å²) >= 11 is 0. The molecule has 0 radical (unpaired) electrons. The lowest BCUT2D eigenvalue weighted by molar-refractivity contribution is -0.121. The van der Waals surface area contributed by atoms with Gasteiger partial charge in [0.15, 0.2) is 0 Å². The van der Waals surface area contributed by atoms with E-state index in [9.17, 15) is 4.79 Å². The minimum atomic E-state index is -0.00308. The summed E-state index contributed by atoms with van der Waals surface area (Å²) in [7, 11) is 0. The largest absolute Gasteiger partial charge is 0.396 e. The van der Waals surface area contributed by atoms with Gasteiger partial charge in [0, 0.05) is 19.6 Å². The molecule has 3 nitrogen and oxygen atoms in total.